The van der Waals surface area contributed by atoms with Crippen LogP contribution in [0, 0.1) is 0 Å². The van der Waals surface area contributed by atoms with E-state index in [0.29, 0.717) is 0 Å². The highest BCUT2D eigenvalue weighted by atomic mass is 35.5. The molecule has 2 N–H and O–H groups in total. The summed E-state index contributed by atoms with van der Waals surface area (Å²) in [6.07, 6.45) is -0.415. The molecule has 0 radical (unpaired) electrons. The second-order valence-corrected chi connectivity index (χ2v) is 5.87. The van der Waals surface area contributed by atoms with Crippen LogP contribution in [0.1, 0.15) is 6.42 Å². The van der Waals surface area contributed by atoms with Crippen LogP contribution in [0.5, 0.6) is 0 Å². The molecule has 0 aliphatic rings. The minimum atomic E-state index is -3.64. The summed E-state index contributed by atoms with van der Waals surface area (Å²) in [5.74, 6) is 0. The quantitative estimate of drug-likeness (QED) is 0.787. The molecule has 0 aromatic heterocycles. The summed E-state index contributed by atoms with van der Waals surface area (Å²) in [5, 5.41) is 9.55. The molecule has 1 unspecified atom stereocenters. The van der Waals surface area contributed by atoms with Crippen LogP contribution in [0.3, 0.4) is 0 Å². The van der Waals surface area contributed by atoms with Crippen molar-refractivity contribution in [2.75, 3.05) is 20.3 Å². The Bertz CT molecular complexity index is 478. The predicted molar refractivity (Wildman–Crippen MR) is 69.1 cm³/mol. The number of benzene rings is 1. The monoisotopic (exact) mass is 293 g/mol. The van der Waals surface area contributed by atoms with Gasteiger partial charge in [0.15, 0.2) is 0 Å². The zero-order valence-electron chi connectivity index (χ0n) is 9.97. The molecular weight excluding hydrogens is 278 g/mol. The van der Waals surface area contributed by atoms with Gasteiger partial charge in [-0.1, -0.05) is 23.7 Å². The van der Waals surface area contributed by atoms with Crippen molar-refractivity contribution in [3.63, 3.8) is 0 Å². The molecule has 1 aromatic rings. The van der Waals surface area contributed by atoms with Crippen molar-refractivity contribution in [3.05, 3.63) is 29.3 Å². The van der Waals surface area contributed by atoms with Crippen LogP contribution >= 0.6 is 11.6 Å². The molecule has 0 heterocycles. The smallest absolute Gasteiger partial charge is 0.242 e. The molecule has 0 amide bonds. The van der Waals surface area contributed by atoms with Gasteiger partial charge >= 0.3 is 0 Å². The molecule has 7 heteroatoms. The Morgan fingerprint density at radius 1 is 1.44 bits per heavy atom. The van der Waals surface area contributed by atoms with Gasteiger partial charge in [-0.3, -0.25) is 0 Å². The first-order valence-electron chi connectivity index (χ1n) is 5.38. The molecule has 0 aliphatic heterocycles. The Balaban J connectivity index is 2.59. The minimum Gasteiger partial charge on any atom is -0.391 e. The molecular formula is C11H16ClNO4S. The molecule has 0 fully saturated rings. The summed E-state index contributed by atoms with van der Waals surface area (Å²) in [6.45, 7) is 0.298. The van der Waals surface area contributed by atoms with E-state index in [1.165, 1.54) is 19.2 Å². The van der Waals surface area contributed by atoms with E-state index in [1.807, 2.05) is 0 Å². The topological polar surface area (TPSA) is 75.6 Å². The van der Waals surface area contributed by atoms with Crippen LogP contribution in [-0.2, 0) is 14.8 Å². The first-order valence-corrected chi connectivity index (χ1v) is 7.24. The zero-order valence-corrected chi connectivity index (χ0v) is 11.5. The Labute approximate surface area is 112 Å². The molecule has 0 saturated heterocycles. The first kappa shape index (κ1) is 15.4. The van der Waals surface area contributed by atoms with E-state index >= 15 is 0 Å². The summed E-state index contributed by atoms with van der Waals surface area (Å²) < 4.78 is 30.9. The number of rotatable bonds is 7. The van der Waals surface area contributed by atoms with Crippen molar-refractivity contribution in [2.45, 2.75) is 17.4 Å². The van der Waals surface area contributed by atoms with Crippen LogP contribution in [0.2, 0.25) is 5.02 Å². The van der Waals surface area contributed by atoms with Crippen LogP contribution in [0.4, 0.5) is 0 Å². The van der Waals surface area contributed by atoms with Crippen LogP contribution in [-0.4, -0.2) is 39.9 Å². The van der Waals surface area contributed by atoms with Gasteiger partial charge in [0.2, 0.25) is 10.0 Å². The van der Waals surface area contributed by atoms with E-state index in [2.05, 4.69) is 4.72 Å². The lowest BCUT2D eigenvalue weighted by atomic mass is 10.3. The number of halogens is 1. The van der Waals surface area contributed by atoms with Gasteiger partial charge in [0, 0.05) is 13.7 Å². The van der Waals surface area contributed by atoms with Gasteiger partial charge < -0.3 is 9.84 Å². The van der Waals surface area contributed by atoms with Crippen molar-refractivity contribution >= 4 is 21.6 Å². The van der Waals surface area contributed by atoms with E-state index in [-0.39, 0.29) is 29.5 Å². The van der Waals surface area contributed by atoms with Gasteiger partial charge in [-0.15, -0.1) is 0 Å². The van der Waals surface area contributed by atoms with E-state index in [4.69, 9.17) is 16.3 Å². The van der Waals surface area contributed by atoms with Gasteiger partial charge in [0.05, 0.1) is 17.7 Å². The number of aliphatic hydroxyl groups excluding tert-OH is 1. The van der Waals surface area contributed by atoms with Crippen LogP contribution in [0.15, 0.2) is 29.2 Å². The largest absolute Gasteiger partial charge is 0.391 e. The van der Waals surface area contributed by atoms with Gasteiger partial charge in [-0.05, 0) is 18.6 Å². The predicted octanol–water partition coefficient (Wildman–Crippen LogP) is 1.02. The number of hydrogen-bond acceptors (Lipinski definition) is 4. The van der Waals surface area contributed by atoms with Gasteiger partial charge in [0.25, 0.3) is 0 Å². The van der Waals surface area contributed by atoms with E-state index in [1.54, 1.807) is 12.1 Å². The van der Waals surface area contributed by atoms with Gasteiger partial charge in [-0.2, -0.15) is 0 Å². The average molecular weight is 294 g/mol. The van der Waals surface area contributed by atoms with Crippen LogP contribution in [0.25, 0.3) is 0 Å². The highest BCUT2D eigenvalue weighted by Crippen LogP contribution is 2.19. The molecule has 18 heavy (non-hydrogen) atoms. The third-order valence-corrected chi connectivity index (χ3v) is 4.22. The Hall–Kier alpha value is -0.660. The Morgan fingerprint density at radius 2 is 2.11 bits per heavy atom. The molecule has 0 bridgehead atoms. The van der Waals surface area contributed by atoms with E-state index in [9.17, 15) is 13.5 Å². The number of hydrogen-bond donors (Lipinski definition) is 2. The maximum Gasteiger partial charge on any atom is 0.242 e. The van der Waals surface area contributed by atoms with Gasteiger partial charge in [0.1, 0.15) is 4.90 Å². The molecule has 1 aromatic carbocycles. The number of sulfonamides is 1. The van der Waals surface area contributed by atoms with Crippen molar-refractivity contribution < 1.29 is 18.3 Å². The summed E-state index contributed by atoms with van der Waals surface area (Å²) in [5.41, 5.74) is 0. The second kappa shape index (κ2) is 7.06. The Morgan fingerprint density at radius 3 is 2.72 bits per heavy atom. The van der Waals surface area contributed by atoms with Crippen molar-refractivity contribution in [1.82, 2.24) is 4.72 Å². The maximum absolute atomic E-state index is 11.9. The van der Waals surface area contributed by atoms with Gasteiger partial charge in [-0.25, -0.2) is 13.1 Å². The van der Waals surface area contributed by atoms with E-state index in [0.717, 1.165) is 0 Å². The van der Waals surface area contributed by atoms with E-state index < -0.39 is 16.1 Å². The highest BCUT2D eigenvalue weighted by molar-refractivity contribution is 7.89. The normalized spacial score (nSPS) is 13.5. The summed E-state index contributed by atoms with van der Waals surface area (Å²) in [7, 11) is -2.17. The van der Waals surface area contributed by atoms with Crippen molar-refractivity contribution in [3.8, 4) is 0 Å². The van der Waals surface area contributed by atoms with Crippen molar-refractivity contribution in [1.29, 1.82) is 0 Å². The molecule has 0 spiro atoms. The minimum absolute atomic E-state index is 0.0351. The SMILES string of the molecule is COCC(O)CCNS(=O)(=O)c1ccccc1Cl. The number of methoxy groups -OCH3 is 1. The highest BCUT2D eigenvalue weighted by Gasteiger charge is 2.17. The lowest BCUT2D eigenvalue weighted by Crippen LogP contribution is -2.28. The molecule has 102 valence electrons. The number of nitrogens with one attached hydrogen (secondary N) is 1. The zero-order chi connectivity index (χ0) is 13.6. The molecule has 0 aliphatic carbocycles. The Kier molecular flexibility index (Phi) is 6.04. The maximum atomic E-state index is 11.9. The summed E-state index contributed by atoms with van der Waals surface area (Å²) in [6, 6.07) is 6.19. The van der Waals surface area contributed by atoms with Crippen LogP contribution < -0.4 is 4.72 Å². The fraction of sp³-hybridized carbons (Fsp3) is 0.455. The summed E-state index contributed by atoms with van der Waals surface area (Å²) >= 11 is 5.81. The first-order chi connectivity index (χ1) is 8.47. The standard InChI is InChI=1S/C11H16ClNO4S/c1-17-8-9(14)6-7-13-18(15,16)11-5-3-2-4-10(11)12/h2-5,9,13-14H,6-8H2,1H3. The third kappa shape index (κ3) is 4.55. The number of ether oxygens (including phenoxy) is 1. The lowest BCUT2D eigenvalue weighted by molar-refractivity contribution is 0.0603. The average Bonchev–Trinajstić information content (AvgIpc) is 2.29. The molecule has 5 nitrogen and oxygen atoms in total. The fourth-order valence-corrected chi connectivity index (χ4v) is 2.94. The summed E-state index contributed by atoms with van der Waals surface area (Å²) in [4.78, 5) is 0.0351. The third-order valence-electron chi connectivity index (χ3n) is 2.25. The number of aliphatic hydroxyl groups is 1. The molecule has 0 saturated carbocycles. The lowest BCUT2D eigenvalue weighted by Gasteiger charge is -2.11. The molecule has 1 rings (SSSR count). The van der Waals surface area contributed by atoms with Crippen molar-refractivity contribution in [2.24, 2.45) is 0 Å². The molecule has 1 atom stereocenters. The fourth-order valence-electron chi connectivity index (χ4n) is 1.38. The second-order valence-electron chi connectivity index (χ2n) is 3.73.